The summed E-state index contributed by atoms with van der Waals surface area (Å²) in [5, 5.41) is 0. The van der Waals surface area contributed by atoms with Gasteiger partial charge in [0.05, 0.1) is 6.61 Å². The van der Waals surface area contributed by atoms with Gasteiger partial charge in [-0.1, -0.05) is 75.5 Å². The van der Waals surface area contributed by atoms with E-state index in [0.29, 0.717) is 6.61 Å². The monoisotopic (exact) mass is 306 g/mol. The van der Waals surface area contributed by atoms with Gasteiger partial charge in [0.2, 0.25) is 0 Å². The first-order valence-corrected chi connectivity index (χ1v) is 8.85. The van der Waals surface area contributed by atoms with Crippen LogP contribution in [0.5, 0.6) is 0 Å². The quantitative estimate of drug-likeness (QED) is 0.219. The van der Waals surface area contributed by atoms with Crippen molar-refractivity contribution in [3.8, 4) is 0 Å². The molecule has 0 unspecified atom stereocenters. The molecule has 0 fully saturated rings. The average molecular weight is 306 g/mol. The van der Waals surface area contributed by atoms with Gasteiger partial charge in [-0.05, 0) is 32.1 Å². The number of allylic oxidation sites excluding steroid dienone is 5. The number of ether oxygens (including phenoxy) is 1. The van der Waals surface area contributed by atoms with Crippen LogP contribution in [-0.4, -0.2) is 12.6 Å². The zero-order chi connectivity index (χ0) is 16.3. The lowest BCUT2D eigenvalue weighted by molar-refractivity contribution is -0.140. The van der Waals surface area contributed by atoms with Gasteiger partial charge in [0.25, 0.3) is 0 Å². The molecule has 0 aromatic rings. The van der Waals surface area contributed by atoms with Crippen LogP contribution < -0.4 is 0 Å². The maximum atomic E-state index is 10.5. The van der Waals surface area contributed by atoms with Crippen molar-refractivity contribution in [2.45, 2.75) is 78.1 Å². The minimum Gasteiger partial charge on any atom is -0.466 e. The SMILES string of the molecule is CCCCCCCCC=CCC=CCC=CCCOC(C)=O. The molecule has 0 bridgehead atoms. The van der Waals surface area contributed by atoms with Crippen LogP contribution in [0.2, 0.25) is 0 Å². The Balaban J connectivity index is 3.30. The number of carbonyl (C=O) groups excluding carboxylic acids is 1. The molecule has 0 rings (SSSR count). The maximum Gasteiger partial charge on any atom is 0.302 e. The Labute approximate surface area is 137 Å². The van der Waals surface area contributed by atoms with E-state index in [0.717, 1.165) is 19.3 Å². The molecule has 0 aromatic carbocycles. The number of unbranched alkanes of at least 4 members (excludes halogenated alkanes) is 6. The van der Waals surface area contributed by atoms with E-state index in [1.165, 1.54) is 51.9 Å². The first kappa shape index (κ1) is 20.7. The average Bonchev–Trinajstić information content (AvgIpc) is 2.50. The van der Waals surface area contributed by atoms with Gasteiger partial charge >= 0.3 is 5.97 Å². The highest BCUT2D eigenvalue weighted by molar-refractivity contribution is 5.65. The highest BCUT2D eigenvalue weighted by atomic mass is 16.5. The van der Waals surface area contributed by atoms with Gasteiger partial charge in [-0.2, -0.15) is 0 Å². The number of carbonyl (C=O) groups is 1. The Morgan fingerprint density at radius 2 is 1.32 bits per heavy atom. The summed E-state index contributed by atoms with van der Waals surface area (Å²) in [5.41, 5.74) is 0. The zero-order valence-corrected chi connectivity index (χ0v) is 14.6. The van der Waals surface area contributed by atoms with Gasteiger partial charge in [-0.15, -0.1) is 0 Å². The van der Waals surface area contributed by atoms with Crippen LogP contribution in [0.15, 0.2) is 36.5 Å². The van der Waals surface area contributed by atoms with Gasteiger partial charge in [0.15, 0.2) is 0 Å². The Hall–Kier alpha value is -1.31. The van der Waals surface area contributed by atoms with E-state index in [-0.39, 0.29) is 5.97 Å². The van der Waals surface area contributed by atoms with Crippen molar-refractivity contribution in [3.05, 3.63) is 36.5 Å². The van der Waals surface area contributed by atoms with Crippen LogP contribution >= 0.6 is 0 Å². The second-order valence-corrected chi connectivity index (χ2v) is 5.57. The summed E-state index contributed by atoms with van der Waals surface area (Å²) in [6.07, 6.45) is 25.3. The summed E-state index contributed by atoms with van der Waals surface area (Å²) in [5.74, 6) is -0.207. The molecule has 2 nitrogen and oxygen atoms in total. The molecular formula is C20H34O2. The van der Waals surface area contributed by atoms with Crippen LogP contribution in [-0.2, 0) is 9.53 Å². The molecule has 2 heteroatoms. The van der Waals surface area contributed by atoms with Crippen molar-refractivity contribution in [2.24, 2.45) is 0 Å². The van der Waals surface area contributed by atoms with Crippen molar-refractivity contribution < 1.29 is 9.53 Å². The third kappa shape index (κ3) is 18.7. The molecule has 0 amide bonds. The Morgan fingerprint density at radius 1 is 0.773 bits per heavy atom. The number of rotatable bonds is 14. The van der Waals surface area contributed by atoms with Crippen molar-refractivity contribution in [1.29, 1.82) is 0 Å². The van der Waals surface area contributed by atoms with Crippen LogP contribution in [0.25, 0.3) is 0 Å². The predicted octanol–water partition coefficient (Wildman–Crippen LogP) is 6.14. The van der Waals surface area contributed by atoms with E-state index in [9.17, 15) is 4.79 Å². The van der Waals surface area contributed by atoms with Gasteiger partial charge in [0, 0.05) is 6.92 Å². The fourth-order valence-electron chi connectivity index (χ4n) is 2.09. The molecule has 0 aliphatic rings. The summed E-state index contributed by atoms with van der Waals surface area (Å²) in [6, 6.07) is 0. The number of hydrogen-bond donors (Lipinski definition) is 0. The third-order valence-electron chi connectivity index (χ3n) is 3.36. The first-order chi connectivity index (χ1) is 10.8. The van der Waals surface area contributed by atoms with E-state index < -0.39 is 0 Å². The molecule has 0 spiro atoms. The Morgan fingerprint density at radius 3 is 1.95 bits per heavy atom. The number of hydrogen-bond acceptors (Lipinski definition) is 2. The van der Waals surface area contributed by atoms with E-state index in [1.54, 1.807) is 0 Å². The standard InChI is InChI=1S/C20H34O2/c1-3-4-5-6-7-8-9-10-11-12-13-14-15-16-17-18-19-22-20(2)21/h10-11,13-14,16-17H,3-9,12,15,18-19H2,1-2H3. The zero-order valence-electron chi connectivity index (χ0n) is 14.6. The lowest BCUT2D eigenvalue weighted by Crippen LogP contribution is -1.98. The highest BCUT2D eigenvalue weighted by Crippen LogP contribution is 2.07. The predicted molar refractivity (Wildman–Crippen MR) is 95.9 cm³/mol. The molecule has 22 heavy (non-hydrogen) atoms. The Kier molecular flexibility index (Phi) is 16.7. The number of esters is 1. The summed E-state index contributed by atoms with van der Waals surface area (Å²) in [6.45, 7) is 4.18. The van der Waals surface area contributed by atoms with Gasteiger partial charge in [-0.3, -0.25) is 4.79 Å². The molecule has 0 aromatic heterocycles. The second-order valence-electron chi connectivity index (χ2n) is 5.57. The molecule has 0 aliphatic heterocycles. The molecule has 126 valence electrons. The molecule has 0 heterocycles. The normalized spacial score (nSPS) is 11.9. The topological polar surface area (TPSA) is 26.3 Å². The minimum atomic E-state index is -0.207. The van der Waals surface area contributed by atoms with Crippen LogP contribution in [0, 0.1) is 0 Å². The molecule has 0 aliphatic carbocycles. The van der Waals surface area contributed by atoms with E-state index in [2.05, 4.69) is 43.4 Å². The second kappa shape index (κ2) is 17.7. The lowest BCUT2D eigenvalue weighted by atomic mass is 10.1. The minimum absolute atomic E-state index is 0.207. The first-order valence-electron chi connectivity index (χ1n) is 8.85. The molecule has 0 N–H and O–H groups in total. The lowest BCUT2D eigenvalue weighted by Gasteiger charge is -1.97. The van der Waals surface area contributed by atoms with E-state index in [1.807, 2.05) is 0 Å². The molecular weight excluding hydrogens is 272 g/mol. The fraction of sp³-hybridized carbons (Fsp3) is 0.650. The third-order valence-corrected chi connectivity index (χ3v) is 3.36. The summed E-state index contributed by atoms with van der Waals surface area (Å²) < 4.78 is 4.84. The van der Waals surface area contributed by atoms with Crippen molar-refractivity contribution in [1.82, 2.24) is 0 Å². The van der Waals surface area contributed by atoms with Gasteiger partial charge in [0.1, 0.15) is 0 Å². The maximum absolute atomic E-state index is 10.5. The Bertz CT molecular complexity index is 327. The van der Waals surface area contributed by atoms with Crippen LogP contribution in [0.4, 0.5) is 0 Å². The van der Waals surface area contributed by atoms with Crippen molar-refractivity contribution in [3.63, 3.8) is 0 Å². The van der Waals surface area contributed by atoms with E-state index in [4.69, 9.17) is 4.74 Å². The molecule has 0 saturated heterocycles. The van der Waals surface area contributed by atoms with Crippen LogP contribution in [0.3, 0.4) is 0 Å². The fourth-order valence-corrected chi connectivity index (χ4v) is 2.09. The summed E-state index contributed by atoms with van der Waals surface area (Å²) in [7, 11) is 0. The van der Waals surface area contributed by atoms with Crippen LogP contribution in [0.1, 0.15) is 78.1 Å². The van der Waals surface area contributed by atoms with Gasteiger partial charge in [-0.25, -0.2) is 0 Å². The largest absolute Gasteiger partial charge is 0.466 e. The molecule has 0 atom stereocenters. The molecule has 0 saturated carbocycles. The van der Waals surface area contributed by atoms with Crippen molar-refractivity contribution >= 4 is 5.97 Å². The smallest absolute Gasteiger partial charge is 0.302 e. The molecule has 0 radical (unpaired) electrons. The van der Waals surface area contributed by atoms with Crippen molar-refractivity contribution in [2.75, 3.05) is 6.61 Å². The summed E-state index contributed by atoms with van der Waals surface area (Å²) in [4.78, 5) is 10.5. The van der Waals surface area contributed by atoms with Gasteiger partial charge < -0.3 is 4.74 Å². The van der Waals surface area contributed by atoms with E-state index >= 15 is 0 Å². The summed E-state index contributed by atoms with van der Waals surface area (Å²) >= 11 is 0. The highest BCUT2D eigenvalue weighted by Gasteiger charge is 1.88.